The highest BCUT2D eigenvalue weighted by Crippen LogP contribution is 2.11. The molecule has 0 atom stereocenters. The van der Waals surface area contributed by atoms with E-state index >= 15 is 0 Å². The highest BCUT2D eigenvalue weighted by Gasteiger charge is 1.98. The first-order chi connectivity index (χ1) is 2.89. The summed E-state index contributed by atoms with van der Waals surface area (Å²) in [7, 11) is 1.96. The monoisotopic (exact) mass is 101 g/mol. The SMILES string of the molecule is CN1[CH]N=CS1. The Balaban J connectivity index is 2.32. The minimum absolute atomic E-state index is 1.58. The summed E-state index contributed by atoms with van der Waals surface area (Å²) in [6.45, 7) is 1.77. The molecule has 0 amide bonds. The normalized spacial score (nSPS) is 22.8. The Bertz CT molecular complexity index is 63.2. The third kappa shape index (κ3) is 0.725. The van der Waals surface area contributed by atoms with Gasteiger partial charge in [-0.25, -0.2) is 4.31 Å². The first kappa shape index (κ1) is 4.15. The fourth-order valence-electron chi connectivity index (χ4n) is 0.250. The molecule has 6 heavy (non-hydrogen) atoms. The lowest BCUT2D eigenvalue weighted by Gasteiger charge is -1.96. The molecule has 0 saturated heterocycles. The van der Waals surface area contributed by atoms with Crippen molar-refractivity contribution in [1.29, 1.82) is 0 Å². The molecule has 1 aliphatic rings. The summed E-state index contributed by atoms with van der Waals surface area (Å²) in [4.78, 5) is 3.80. The zero-order valence-electron chi connectivity index (χ0n) is 3.46. The third-order valence-corrected chi connectivity index (χ3v) is 1.15. The van der Waals surface area contributed by atoms with Crippen LogP contribution in [0.15, 0.2) is 4.99 Å². The van der Waals surface area contributed by atoms with Crippen LogP contribution in [0, 0.1) is 6.67 Å². The van der Waals surface area contributed by atoms with Gasteiger partial charge in [0, 0.05) is 7.05 Å². The van der Waals surface area contributed by atoms with Crippen LogP contribution in [-0.2, 0) is 0 Å². The van der Waals surface area contributed by atoms with E-state index < -0.39 is 0 Å². The smallest absolute Gasteiger partial charge is 0.148 e. The van der Waals surface area contributed by atoms with Crippen LogP contribution in [0.4, 0.5) is 0 Å². The molecule has 33 valence electrons. The van der Waals surface area contributed by atoms with E-state index in [1.165, 1.54) is 0 Å². The average molecular weight is 101 g/mol. The fraction of sp³-hybridized carbons (Fsp3) is 0.333. The van der Waals surface area contributed by atoms with Crippen LogP contribution in [0.2, 0.25) is 0 Å². The molecule has 1 rings (SSSR count). The highest BCUT2D eigenvalue weighted by atomic mass is 32.2. The van der Waals surface area contributed by atoms with Gasteiger partial charge in [0.05, 0.1) is 5.55 Å². The van der Waals surface area contributed by atoms with Crippen molar-refractivity contribution in [3.05, 3.63) is 6.67 Å². The van der Waals surface area contributed by atoms with Gasteiger partial charge in [-0.15, -0.1) is 0 Å². The lowest BCUT2D eigenvalue weighted by Crippen LogP contribution is -1.95. The number of nitrogens with zero attached hydrogens (tertiary/aromatic N) is 2. The van der Waals surface area contributed by atoms with E-state index in [4.69, 9.17) is 0 Å². The largest absolute Gasteiger partial charge is 0.261 e. The Morgan fingerprint density at radius 3 is 2.83 bits per heavy atom. The Labute approximate surface area is 41.4 Å². The van der Waals surface area contributed by atoms with E-state index in [1.54, 1.807) is 24.2 Å². The molecule has 0 fully saturated rings. The molecule has 3 heteroatoms. The van der Waals surface area contributed by atoms with Crippen LogP contribution in [0.25, 0.3) is 0 Å². The van der Waals surface area contributed by atoms with Gasteiger partial charge in [0.25, 0.3) is 0 Å². The average Bonchev–Trinajstić information content (AvgIpc) is 1.86. The van der Waals surface area contributed by atoms with Crippen LogP contribution < -0.4 is 0 Å². The van der Waals surface area contributed by atoms with Gasteiger partial charge in [-0.3, -0.25) is 4.99 Å². The number of hydrogen-bond acceptors (Lipinski definition) is 3. The maximum Gasteiger partial charge on any atom is 0.148 e. The number of hydrogen-bond donors (Lipinski definition) is 0. The van der Waals surface area contributed by atoms with E-state index in [2.05, 4.69) is 4.99 Å². The van der Waals surface area contributed by atoms with Gasteiger partial charge in [0.2, 0.25) is 0 Å². The lowest BCUT2D eigenvalue weighted by molar-refractivity contribution is 0.699. The zero-order chi connectivity index (χ0) is 4.41. The molecule has 0 spiro atoms. The molecular weight excluding hydrogens is 96.1 g/mol. The van der Waals surface area contributed by atoms with E-state index in [-0.39, 0.29) is 0 Å². The second-order valence-corrected chi connectivity index (χ2v) is 2.02. The topological polar surface area (TPSA) is 15.6 Å². The Kier molecular flexibility index (Phi) is 1.12. The molecule has 0 aliphatic carbocycles. The van der Waals surface area contributed by atoms with Gasteiger partial charge < -0.3 is 0 Å². The van der Waals surface area contributed by atoms with Crippen molar-refractivity contribution in [3.63, 3.8) is 0 Å². The highest BCUT2D eigenvalue weighted by molar-refractivity contribution is 8.10. The van der Waals surface area contributed by atoms with E-state index in [0.717, 1.165) is 0 Å². The van der Waals surface area contributed by atoms with E-state index in [0.29, 0.717) is 0 Å². The van der Waals surface area contributed by atoms with Crippen LogP contribution >= 0.6 is 11.9 Å². The molecule has 1 radical (unpaired) electrons. The van der Waals surface area contributed by atoms with Crippen LogP contribution in [0.1, 0.15) is 0 Å². The van der Waals surface area contributed by atoms with Crippen molar-refractivity contribution >= 4 is 17.5 Å². The van der Waals surface area contributed by atoms with Crippen molar-refractivity contribution in [2.24, 2.45) is 4.99 Å². The first-order valence-corrected chi connectivity index (χ1v) is 2.48. The van der Waals surface area contributed by atoms with E-state index in [1.807, 2.05) is 11.4 Å². The molecule has 0 aromatic carbocycles. The van der Waals surface area contributed by atoms with Crippen molar-refractivity contribution < 1.29 is 0 Å². The predicted octanol–water partition coefficient (Wildman–Crippen LogP) is 0.728. The van der Waals surface area contributed by atoms with Gasteiger partial charge in [0.1, 0.15) is 6.67 Å². The molecule has 0 bridgehead atoms. The zero-order valence-corrected chi connectivity index (χ0v) is 4.27. The maximum atomic E-state index is 3.80. The van der Waals surface area contributed by atoms with Gasteiger partial charge in [-0.05, 0) is 11.9 Å². The van der Waals surface area contributed by atoms with Crippen LogP contribution in [0.5, 0.6) is 0 Å². The summed E-state index contributed by atoms with van der Waals surface area (Å²) in [5.41, 5.74) is 1.79. The summed E-state index contributed by atoms with van der Waals surface area (Å²) >= 11 is 1.58. The number of rotatable bonds is 0. The molecule has 0 N–H and O–H groups in total. The molecule has 0 saturated carbocycles. The Morgan fingerprint density at radius 1 is 1.83 bits per heavy atom. The predicted molar refractivity (Wildman–Crippen MR) is 28.1 cm³/mol. The molecule has 0 aromatic heterocycles. The lowest BCUT2D eigenvalue weighted by atomic mass is 11.1. The summed E-state index contributed by atoms with van der Waals surface area (Å²) in [5.74, 6) is 0. The van der Waals surface area contributed by atoms with Gasteiger partial charge in [-0.1, -0.05) is 0 Å². The van der Waals surface area contributed by atoms with Gasteiger partial charge in [0.15, 0.2) is 0 Å². The van der Waals surface area contributed by atoms with Crippen LogP contribution in [-0.4, -0.2) is 16.9 Å². The minimum Gasteiger partial charge on any atom is -0.261 e. The van der Waals surface area contributed by atoms with Crippen molar-refractivity contribution in [3.8, 4) is 0 Å². The summed E-state index contributed by atoms with van der Waals surface area (Å²) in [5, 5.41) is 0. The van der Waals surface area contributed by atoms with Crippen molar-refractivity contribution in [1.82, 2.24) is 4.31 Å². The number of aliphatic imine (C=N–C) groups is 1. The molecule has 1 aliphatic heterocycles. The first-order valence-electron chi connectivity index (χ1n) is 1.64. The van der Waals surface area contributed by atoms with Crippen molar-refractivity contribution in [2.75, 3.05) is 7.05 Å². The second kappa shape index (κ2) is 1.62. The molecule has 2 nitrogen and oxygen atoms in total. The molecule has 0 unspecified atom stereocenters. The fourth-order valence-corrected chi connectivity index (χ4v) is 0.616. The third-order valence-electron chi connectivity index (χ3n) is 0.504. The Hall–Kier alpha value is -0.0200. The molecule has 1 heterocycles. The molecule has 0 aromatic rings. The summed E-state index contributed by atoms with van der Waals surface area (Å²) in [6, 6.07) is 0. The van der Waals surface area contributed by atoms with E-state index in [9.17, 15) is 0 Å². The molecular formula is C3H5N2S. The quantitative estimate of drug-likeness (QED) is 0.418. The maximum absolute atomic E-state index is 3.80. The Morgan fingerprint density at radius 2 is 2.67 bits per heavy atom. The van der Waals surface area contributed by atoms with Gasteiger partial charge in [-0.2, -0.15) is 0 Å². The minimum atomic E-state index is 1.58. The van der Waals surface area contributed by atoms with Crippen molar-refractivity contribution in [2.45, 2.75) is 0 Å². The second-order valence-electron chi connectivity index (χ2n) is 1.02. The summed E-state index contributed by atoms with van der Waals surface area (Å²) < 4.78 is 1.93. The summed E-state index contributed by atoms with van der Waals surface area (Å²) in [6.07, 6.45) is 0. The van der Waals surface area contributed by atoms with Crippen LogP contribution in [0.3, 0.4) is 0 Å². The standard InChI is InChI=1S/C3H5N2S/c1-5-2-4-3-6-5/h2-3H,1H3. The van der Waals surface area contributed by atoms with Gasteiger partial charge >= 0.3 is 0 Å².